The van der Waals surface area contributed by atoms with Crippen LogP contribution in [0, 0.1) is 0 Å². The van der Waals surface area contributed by atoms with Crippen molar-refractivity contribution >= 4 is 51.7 Å². The number of ether oxygens (including phenoxy) is 3. The minimum atomic E-state index is -2.96. The van der Waals surface area contributed by atoms with Crippen molar-refractivity contribution in [1.82, 2.24) is 0 Å². The van der Waals surface area contributed by atoms with Crippen LogP contribution < -0.4 is 0 Å². The predicted octanol–water partition coefficient (Wildman–Crippen LogP) is 4.47. The molecule has 0 spiro atoms. The second-order valence-corrected chi connectivity index (χ2v) is 27.7. The lowest BCUT2D eigenvalue weighted by molar-refractivity contribution is -0.152. The molecule has 9 nitrogen and oxygen atoms in total. The average molecular weight is 553 g/mol. The smallest absolute Gasteiger partial charge is 0.466 e. The van der Waals surface area contributed by atoms with Crippen LogP contribution in [0.15, 0.2) is 12.7 Å². The minimum absolute atomic E-state index is 0.0643. The summed E-state index contributed by atoms with van der Waals surface area (Å²) in [4.78, 5) is 34.6. The molecular formula is C21H44O9Si4. The molecule has 0 aliphatic heterocycles. The van der Waals surface area contributed by atoms with Gasteiger partial charge in [-0.05, 0) is 65.3 Å². The molecule has 198 valence electrons. The molecule has 0 saturated heterocycles. The molecule has 0 heterocycles. The van der Waals surface area contributed by atoms with Crippen LogP contribution in [0.4, 0.5) is 0 Å². The zero-order valence-corrected chi connectivity index (χ0v) is 26.4. The summed E-state index contributed by atoms with van der Waals surface area (Å²) in [5.74, 6) is -1.63. The standard InChI is InChI=1S/C21H44O9Si4/c1-11-19(22)26-16-17-27-21(24)14-13-20(23)25-15-12-18-34(28-31(2,3)4,29-32(5,6)7)30-33(8,9)10/h11H,1,12-18H2,2-10H3. The average Bonchev–Trinajstić information content (AvgIpc) is 2.62. The Labute approximate surface area is 209 Å². The largest absolute Gasteiger partial charge is 0.469 e. The highest BCUT2D eigenvalue weighted by atomic mass is 28.5. The summed E-state index contributed by atoms with van der Waals surface area (Å²) < 4.78 is 34.7. The Morgan fingerprint density at radius 1 is 0.647 bits per heavy atom. The monoisotopic (exact) mass is 552 g/mol. The fourth-order valence-electron chi connectivity index (χ4n) is 2.79. The topological polar surface area (TPSA) is 107 Å². The Balaban J connectivity index is 4.70. The van der Waals surface area contributed by atoms with Crippen LogP contribution in [0.25, 0.3) is 0 Å². The minimum Gasteiger partial charge on any atom is -0.466 e. The molecule has 0 bridgehead atoms. The van der Waals surface area contributed by atoms with Gasteiger partial charge in [0.1, 0.15) is 13.2 Å². The third-order valence-corrected chi connectivity index (χ3v) is 15.6. The molecule has 0 amide bonds. The van der Waals surface area contributed by atoms with Crippen LogP contribution in [0.1, 0.15) is 19.3 Å². The molecule has 0 saturated carbocycles. The van der Waals surface area contributed by atoms with Crippen molar-refractivity contribution in [3.63, 3.8) is 0 Å². The van der Waals surface area contributed by atoms with Crippen LogP contribution >= 0.6 is 0 Å². The van der Waals surface area contributed by atoms with E-state index in [9.17, 15) is 14.4 Å². The molecule has 0 atom stereocenters. The van der Waals surface area contributed by atoms with Gasteiger partial charge in [-0.15, -0.1) is 0 Å². The van der Waals surface area contributed by atoms with Crippen LogP contribution in [-0.4, -0.2) is 71.5 Å². The molecule has 0 aliphatic carbocycles. The number of esters is 3. The number of carbonyl (C=O) groups is 3. The molecule has 0 rings (SSSR count). The van der Waals surface area contributed by atoms with Gasteiger partial charge < -0.3 is 26.6 Å². The van der Waals surface area contributed by atoms with E-state index in [1.807, 2.05) is 0 Å². The van der Waals surface area contributed by atoms with Crippen molar-refractivity contribution in [2.75, 3.05) is 19.8 Å². The van der Waals surface area contributed by atoms with Gasteiger partial charge in [0.2, 0.25) is 0 Å². The van der Waals surface area contributed by atoms with Gasteiger partial charge in [0.25, 0.3) is 0 Å². The second kappa shape index (κ2) is 14.5. The van der Waals surface area contributed by atoms with Gasteiger partial charge in [0.05, 0.1) is 19.4 Å². The maximum Gasteiger partial charge on any atom is 0.469 e. The predicted molar refractivity (Wildman–Crippen MR) is 141 cm³/mol. The van der Waals surface area contributed by atoms with Crippen LogP contribution in [0.5, 0.6) is 0 Å². The van der Waals surface area contributed by atoms with E-state index in [1.54, 1.807) is 0 Å². The van der Waals surface area contributed by atoms with Crippen molar-refractivity contribution in [3.05, 3.63) is 12.7 Å². The van der Waals surface area contributed by atoms with E-state index in [0.717, 1.165) is 6.08 Å². The Hall–Kier alpha value is -1.10. The normalized spacial score (nSPS) is 12.7. The maximum atomic E-state index is 12.0. The van der Waals surface area contributed by atoms with E-state index in [-0.39, 0.29) is 32.7 Å². The highest BCUT2D eigenvalue weighted by Crippen LogP contribution is 2.29. The molecule has 0 aliphatic rings. The van der Waals surface area contributed by atoms with Crippen molar-refractivity contribution < 1.29 is 40.9 Å². The summed E-state index contributed by atoms with van der Waals surface area (Å²) in [6, 6.07) is 0.574. The molecule has 0 fully saturated rings. The maximum absolute atomic E-state index is 12.0. The van der Waals surface area contributed by atoms with E-state index in [4.69, 9.17) is 26.6 Å². The van der Waals surface area contributed by atoms with Gasteiger partial charge >= 0.3 is 26.7 Å². The molecule has 0 N–H and O–H groups in total. The Kier molecular flexibility index (Phi) is 14.0. The lowest BCUT2D eigenvalue weighted by Crippen LogP contribution is -2.60. The van der Waals surface area contributed by atoms with Gasteiger partial charge in [0.15, 0.2) is 25.0 Å². The van der Waals surface area contributed by atoms with Crippen molar-refractivity contribution in [2.45, 2.75) is 84.2 Å². The van der Waals surface area contributed by atoms with Gasteiger partial charge in [-0.2, -0.15) is 0 Å². The fourth-order valence-corrected chi connectivity index (χ4v) is 17.4. The van der Waals surface area contributed by atoms with E-state index in [2.05, 4.69) is 65.5 Å². The quantitative estimate of drug-likeness (QED) is 0.0849. The van der Waals surface area contributed by atoms with E-state index in [0.29, 0.717) is 12.5 Å². The molecule has 0 radical (unpaired) electrons. The zero-order valence-electron chi connectivity index (χ0n) is 22.4. The Morgan fingerprint density at radius 3 is 1.41 bits per heavy atom. The number of rotatable bonds is 17. The first-order valence-electron chi connectivity index (χ1n) is 11.6. The third kappa shape index (κ3) is 18.3. The molecule has 13 heteroatoms. The molecule has 0 aromatic carbocycles. The third-order valence-electron chi connectivity index (χ3n) is 3.57. The number of hydrogen-bond acceptors (Lipinski definition) is 9. The summed E-state index contributed by atoms with van der Waals surface area (Å²) in [5.41, 5.74) is 0. The van der Waals surface area contributed by atoms with Crippen LogP contribution in [0.2, 0.25) is 65.0 Å². The Bertz CT molecular complexity index is 638. The summed E-state index contributed by atoms with van der Waals surface area (Å²) in [7, 11) is -8.83. The molecule has 34 heavy (non-hydrogen) atoms. The first kappa shape index (κ1) is 32.9. The first-order valence-corrected chi connectivity index (χ1v) is 23.7. The molecule has 0 aromatic heterocycles. The zero-order chi connectivity index (χ0) is 26.6. The van der Waals surface area contributed by atoms with Gasteiger partial charge in [-0.25, -0.2) is 4.79 Å². The highest BCUT2D eigenvalue weighted by Gasteiger charge is 2.49. The fraction of sp³-hybridized carbons (Fsp3) is 0.762. The van der Waals surface area contributed by atoms with Crippen molar-refractivity contribution in [2.24, 2.45) is 0 Å². The van der Waals surface area contributed by atoms with E-state index in [1.165, 1.54) is 0 Å². The summed E-state index contributed by atoms with van der Waals surface area (Å²) in [5, 5.41) is 0. The lowest BCUT2D eigenvalue weighted by atomic mass is 10.3. The molecular weight excluding hydrogens is 509 g/mol. The van der Waals surface area contributed by atoms with E-state index >= 15 is 0 Å². The number of hydrogen-bond donors (Lipinski definition) is 0. The summed E-state index contributed by atoms with van der Waals surface area (Å²) in [6.45, 7) is 22.4. The van der Waals surface area contributed by atoms with Gasteiger partial charge in [-0.3, -0.25) is 9.59 Å². The highest BCUT2D eigenvalue weighted by molar-refractivity contribution is 6.90. The summed E-state index contributed by atoms with van der Waals surface area (Å²) >= 11 is 0. The second-order valence-electron chi connectivity index (χ2n) is 10.7. The lowest BCUT2D eigenvalue weighted by Gasteiger charge is -2.42. The Morgan fingerprint density at radius 2 is 1.03 bits per heavy atom. The van der Waals surface area contributed by atoms with Crippen LogP contribution in [-0.2, 0) is 40.9 Å². The van der Waals surface area contributed by atoms with Crippen LogP contribution in [0.3, 0.4) is 0 Å². The van der Waals surface area contributed by atoms with Gasteiger partial charge in [0, 0.05) is 12.1 Å². The first-order chi connectivity index (χ1) is 15.4. The van der Waals surface area contributed by atoms with Crippen molar-refractivity contribution in [3.8, 4) is 0 Å². The van der Waals surface area contributed by atoms with E-state index < -0.39 is 51.7 Å². The number of carbonyl (C=O) groups excluding carboxylic acids is 3. The SMILES string of the molecule is C=CC(=O)OCCOC(=O)CCC(=O)OCCC[Si](O[Si](C)(C)C)(O[Si](C)(C)C)O[Si](C)(C)C. The van der Waals surface area contributed by atoms with Crippen molar-refractivity contribution in [1.29, 1.82) is 0 Å². The summed E-state index contributed by atoms with van der Waals surface area (Å²) in [6.07, 6.45) is 1.38. The molecule has 0 unspecified atom stereocenters. The van der Waals surface area contributed by atoms with Gasteiger partial charge in [-0.1, -0.05) is 6.58 Å². The molecule has 0 aromatic rings.